The number of fused-ring (bicyclic) bond motifs is 2. The molecule has 1 aromatic heterocycles. The summed E-state index contributed by atoms with van der Waals surface area (Å²) in [5.74, 6) is 0.576. The molecule has 0 radical (unpaired) electrons. The summed E-state index contributed by atoms with van der Waals surface area (Å²) in [6, 6.07) is 16.6. The Morgan fingerprint density at radius 2 is 1.74 bits per heavy atom. The minimum Gasteiger partial charge on any atom is -0.497 e. The van der Waals surface area contributed by atoms with Crippen molar-refractivity contribution in [1.82, 2.24) is 9.88 Å². The number of aromatic nitrogens is 1. The van der Waals surface area contributed by atoms with E-state index < -0.39 is 14.2 Å². The van der Waals surface area contributed by atoms with Crippen molar-refractivity contribution in [2.45, 2.75) is 45.3 Å². The molecule has 3 aromatic carbocycles. The van der Waals surface area contributed by atoms with E-state index >= 15 is 0 Å². The number of amides is 2. The molecule has 0 atom stereocenters. The van der Waals surface area contributed by atoms with Gasteiger partial charge in [-0.15, -0.1) is 0 Å². The second-order valence-electron chi connectivity index (χ2n) is 12.0. The molecule has 224 valence electrons. The van der Waals surface area contributed by atoms with Crippen molar-refractivity contribution in [1.29, 1.82) is 0 Å². The Bertz CT molecular complexity index is 1650. The Morgan fingerprint density at radius 3 is 2.42 bits per heavy atom. The van der Waals surface area contributed by atoms with Crippen molar-refractivity contribution in [3.63, 3.8) is 0 Å². The van der Waals surface area contributed by atoms with Crippen molar-refractivity contribution in [3.8, 4) is 11.5 Å². The Balaban J connectivity index is 1.57. The highest BCUT2D eigenvalue weighted by Gasteiger charge is 2.35. The van der Waals surface area contributed by atoms with E-state index in [-0.39, 0.29) is 24.9 Å². The molecule has 0 saturated carbocycles. The first kappa shape index (κ1) is 30.0. The number of ether oxygens (including phenoxy) is 3. The van der Waals surface area contributed by atoms with E-state index in [0.29, 0.717) is 46.5 Å². The van der Waals surface area contributed by atoms with Crippen LogP contribution in [0.25, 0.3) is 10.9 Å². The molecule has 2 heterocycles. The van der Waals surface area contributed by atoms with Crippen LogP contribution >= 0.6 is 0 Å². The summed E-state index contributed by atoms with van der Waals surface area (Å²) in [5, 5.41) is 3.57. The lowest BCUT2D eigenvalue weighted by Gasteiger charge is -2.19. The molecule has 5 rings (SSSR count). The average molecular weight is 602 g/mol. The maximum Gasteiger partial charge on any atom is 0.411 e. The minimum absolute atomic E-state index is 0.201. The normalized spacial score (nSPS) is 12.8. The van der Waals surface area contributed by atoms with E-state index in [1.807, 2.05) is 30.3 Å². The number of methoxy groups -OCH3 is 1. The van der Waals surface area contributed by atoms with Crippen LogP contribution in [0.5, 0.6) is 11.5 Å². The number of carbonyl (C=O) groups excluding carboxylic acids is 2. The van der Waals surface area contributed by atoms with Crippen molar-refractivity contribution >= 4 is 36.7 Å². The molecule has 1 aliphatic rings. The second kappa shape index (κ2) is 12.4. The predicted molar refractivity (Wildman–Crippen MR) is 167 cm³/mol. The zero-order valence-corrected chi connectivity index (χ0v) is 26.1. The van der Waals surface area contributed by atoms with E-state index in [0.717, 1.165) is 28.5 Å². The monoisotopic (exact) mass is 601 g/mol. The van der Waals surface area contributed by atoms with Gasteiger partial charge in [0.2, 0.25) is 0 Å². The molecule has 1 aliphatic heterocycles. The number of halogens is 1. The van der Waals surface area contributed by atoms with Crippen molar-refractivity contribution in [2.75, 3.05) is 26.1 Å². The standard InChI is InChI=1S/C33H36FN3O5Si/c1-37-19-27-28(32(37)38)31(42-20-22-8-12-25(40-2)13-9-22)30-26(29(27)36-33(39)41-14-15-43(3,4)5)17-23(18-35-30)16-21-6-10-24(34)11-7-21/h6-13,17-18H,14-16,19-20H2,1-5H3,(H,36,39). The molecule has 0 saturated heterocycles. The molecule has 0 bridgehead atoms. The van der Waals surface area contributed by atoms with Crippen LogP contribution in [0.4, 0.5) is 14.9 Å². The van der Waals surface area contributed by atoms with E-state index in [1.165, 1.54) is 12.1 Å². The lowest BCUT2D eigenvalue weighted by Crippen LogP contribution is -2.24. The van der Waals surface area contributed by atoms with Gasteiger partial charge in [0.1, 0.15) is 23.7 Å². The maximum absolute atomic E-state index is 13.5. The summed E-state index contributed by atoms with van der Waals surface area (Å²) in [7, 11) is 1.91. The molecule has 0 aliphatic carbocycles. The second-order valence-corrected chi connectivity index (χ2v) is 17.6. The van der Waals surface area contributed by atoms with E-state index in [1.54, 1.807) is 37.4 Å². The third kappa shape index (κ3) is 6.97. The number of rotatable bonds is 10. The highest BCUT2D eigenvalue weighted by molar-refractivity contribution is 6.76. The van der Waals surface area contributed by atoms with Gasteiger partial charge in [0.15, 0.2) is 5.75 Å². The fourth-order valence-electron chi connectivity index (χ4n) is 4.99. The molecule has 0 unspecified atom stereocenters. The topological polar surface area (TPSA) is 90.0 Å². The Labute approximate surface area is 251 Å². The summed E-state index contributed by atoms with van der Waals surface area (Å²) >= 11 is 0. The van der Waals surface area contributed by atoms with Crippen LogP contribution in [0.1, 0.15) is 32.6 Å². The van der Waals surface area contributed by atoms with Gasteiger partial charge in [0.25, 0.3) is 5.91 Å². The van der Waals surface area contributed by atoms with Gasteiger partial charge in [-0.3, -0.25) is 15.1 Å². The third-order valence-corrected chi connectivity index (χ3v) is 9.10. The molecule has 4 aromatic rings. The molecule has 2 amide bonds. The number of nitrogens with zero attached hydrogens (tertiary/aromatic N) is 2. The predicted octanol–water partition coefficient (Wildman–Crippen LogP) is 7.02. The van der Waals surface area contributed by atoms with Gasteiger partial charge >= 0.3 is 6.09 Å². The summed E-state index contributed by atoms with van der Waals surface area (Å²) in [6.45, 7) is 7.46. The molecule has 0 spiro atoms. The van der Waals surface area contributed by atoms with E-state index in [2.05, 4.69) is 25.0 Å². The summed E-state index contributed by atoms with van der Waals surface area (Å²) in [4.78, 5) is 32.8. The number of hydrogen-bond acceptors (Lipinski definition) is 6. The van der Waals surface area contributed by atoms with Gasteiger partial charge in [0, 0.05) is 38.8 Å². The SMILES string of the molecule is COc1ccc(COc2c3c(c(NC(=O)OCC[Si](C)(C)C)c4cc(Cc5ccc(F)cc5)cnc24)CN(C)C3=O)cc1. The van der Waals surface area contributed by atoms with Gasteiger partial charge in [-0.25, -0.2) is 9.18 Å². The first-order valence-electron chi connectivity index (χ1n) is 14.2. The Kier molecular flexibility index (Phi) is 8.68. The van der Waals surface area contributed by atoms with Gasteiger partial charge < -0.3 is 19.1 Å². The van der Waals surface area contributed by atoms with Crippen LogP contribution in [-0.4, -0.2) is 50.7 Å². The first-order valence-corrected chi connectivity index (χ1v) is 17.9. The van der Waals surface area contributed by atoms with Crippen LogP contribution in [0.3, 0.4) is 0 Å². The van der Waals surface area contributed by atoms with Gasteiger partial charge in [-0.1, -0.05) is 43.9 Å². The summed E-state index contributed by atoms with van der Waals surface area (Å²) in [5.41, 5.74) is 4.61. The highest BCUT2D eigenvalue weighted by atomic mass is 28.3. The maximum atomic E-state index is 13.5. The lowest BCUT2D eigenvalue weighted by molar-refractivity contribution is 0.0813. The van der Waals surface area contributed by atoms with Crippen LogP contribution < -0.4 is 14.8 Å². The first-order chi connectivity index (χ1) is 20.5. The Morgan fingerprint density at radius 1 is 1.05 bits per heavy atom. The van der Waals surface area contributed by atoms with Crippen LogP contribution in [-0.2, 0) is 24.3 Å². The van der Waals surface area contributed by atoms with Crippen molar-refractivity contribution < 1.29 is 28.2 Å². The molecule has 1 N–H and O–H groups in total. The van der Waals surface area contributed by atoms with Crippen molar-refractivity contribution in [3.05, 3.63) is 94.4 Å². The van der Waals surface area contributed by atoms with Crippen LogP contribution in [0.15, 0.2) is 60.8 Å². The number of hydrogen-bond donors (Lipinski definition) is 1. The smallest absolute Gasteiger partial charge is 0.411 e. The number of benzene rings is 3. The number of nitrogens with one attached hydrogen (secondary N) is 1. The highest BCUT2D eigenvalue weighted by Crippen LogP contribution is 2.43. The Hall–Kier alpha value is -4.44. The molecular weight excluding hydrogens is 565 g/mol. The van der Waals surface area contributed by atoms with Crippen molar-refractivity contribution in [2.24, 2.45) is 0 Å². The van der Waals surface area contributed by atoms with E-state index in [9.17, 15) is 14.0 Å². The zero-order chi connectivity index (χ0) is 30.7. The number of anilines is 1. The molecule has 10 heteroatoms. The molecule has 8 nitrogen and oxygen atoms in total. The molecule has 43 heavy (non-hydrogen) atoms. The molecule has 0 fully saturated rings. The van der Waals surface area contributed by atoms with Gasteiger partial charge in [-0.2, -0.15) is 0 Å². The minimum atomic E-state index is -1.41. The lowest BCUT2D eigenvalue weighted by atomic mass is 9.98. The number of pyridine rings is 1. The zero-order valence-electron chi connectivity index (χ0n) is 25.1. The van der Waals surface area contributed by atoms with Gasteiger partial charge in [-0.05, 0) is 59.5 Å². The summed E-state index contributed by atoms with van der Waals surface area (Å²) in [6.07, 6.45) is 1.64. The molecular formula is C33H36FN3O5Si. The fourth-order valence-corrected chi connectivity index (χ4v) is 5.70. The quantitative estimate of drug-likeness (QED) is 0.197. The average Bonchev–Trinajstić information content (AvgIpc) is 3.27. The van der Waals surface area contributed by atoms with E-state index in [4.69, 9.17) is 19.2 Å². The van der Waals surface area contributed by atoms with Crippen LogP contribution in [0, 0.1) is 5.82 Å². The van der Waals surface area contributed by atoms with Crippen LogP contribution in [0.2, 0.25) is 25.7 Å². The third-order valence-electron chi connectivity index (χ3n) is 7.39. The largest absolute Gasteiger partial charge is 0.497 e. The van der Waals surface area contributed by atoms with Gasteiger partial charge in [0.05, 0.1) is 25.0 Å². The fraction of sp³-hybridized carbons (Fsp3) is 0.303. The summed E-state index contributed by atoms with van der Waals surface area (Å²) < 4.78 is 30.7. The number of carbonyl (C=O) groups is 2.